The van der Waals surface area contributed by atoms with Crippen LogP contribution >= 0.6 is 0 Å². The zero-order valence-electron chi connectivity index (χ0n) is 8.14. The van der Waals surface area contributed by atoms with E-state index >= 15 is 0 Å². The quantitative estimate of drug-likeness (QED) is 0.650. The van der Waals surface area contributed by atoms with Gasteiger partial charge in [-0.05, 0) is 13.8 Å². The maximum absolute atomic E-state index is 9.49. The van der Waals surface area contributed by atoms with Crippen molar-refractivity contribution in [2.45, 2.75) is 50.7 Å². The zero-order valence-corrected chi connectivity index (χ0v) is 8.14. The molecule has 0 spiro atoms. The van der Waals surface area contributed by atoms with Crippen LogP contribution in [0, 0.1) is 11.3 Å². The molecule has 0 bridgehead atoms. The summed E-state index contributed by atoms with van der Waals surface area (Å²) in [7, 11) is 0. The monoisotopic (exact) mass is 199 g/mol. The lowest BCUT2D eigenvalue weighted by molar-refractivity contribution is -0.219. The Balaban J connectivity index is 2.11. The van der Waals surface area contributed by atoms with Crippen LogP contribution in [0.1, 0.15) is 20.3 Å². The average molecular weight is 199 g/mol. The van der Waals surface area contributed by atoms with Crippen LogP contribution in [0.25, 0.3) is 0 Å². The zero-order chi connectivity index (χ0) is 10.3. The maximum Gasteiger partial charge on any atom is 0.184 e. The number of hydrogen-bond acceptors (Lipinski definition) is 5. The van der Waals surface area contributed by atoms with Gasteiger partial charge in [0.2, 0.25) is 0 Å². The van der Waals surface area contributed by atoms with Gasteiger partial charge in [-0.3, -0.25) is 0 Å². The molecule has 4 atom stereocenters. The third kappa shape index (κ3) is 1.51. The van der Waals surface area contributed by atoms with Crippen LogP contribution in [0.5, 0.6) is 0 Å². The predicted octanol–water partition coefficient (Wildman–Crippen LogP) is 0.137. The lowest BCUT2D eigenvalue weighted by Crippen LogP contribution is -2.29. The van der Waals surface area contributed by atoms with E-state index in [9.17, 15) is 5.11 Å². The maximum atomic E-state index is 9.49. The molecule has 0 radical (unpaired) electrons. The van der Waals surface area contributed by atoms with Crippen molar-refractivity contribution in [1.29, 1.82) is 5.26 Å². The predicted molar refractivity (Wildman–Crippen MR) is 44.9 cm³/mol. The van der Waals surface area contributed by atoms with E-state index in [-0.39, 0.29) is 18.6 Å². The Hall–Kier alpha value is -0.670. The van der Waals surface area contributed by atoms with Gasteiger partial charge in [-0.1, -0.05) is 0 Å². The first-order valence-electron chi connectivity index (χ1n) is 4.59. The highest BCUT2D eigenvalue weighted by molar-refractivity contribution is 4.97. The Bertz CT molecular complexity index is 272. The van der Waals surface area contributed by atoms with Crippen LogP contribution in [0.4, 0.5) is 0 Å². The highest BCUT2D eigenvalue weighted by Gasteiger charge is 2.54. The van der Waals surface area contributed by atoms with Gasteiger partial charge in [0.05, 0.1) is 12.5 Å². The molecule has 0 aliphatic carbocycles. The lowest BCUT2D eigenvalue weighted by atomic mass is 10.1. The van der Waals surface area contributed by atoms with Gasteiger partial charge < -0.3 is 19.3 Å². The average Bonchev–Trinajstić information content (AvgIpc) is 2.51. The number of rotatable bonds is 1. The number of aliphatic hydroxyl groups excluding tert-OH is 1. The molecule has 2 heterocycles. The smallest absolute Gasteiger partial charge is 0.184 e. The highest BCUT2D eigenvalue weighted by Crippen LogP contribution is 2.38. The molecule has 2 rings (SSSR count). The van der Waals surface area contributed by atoms with Crippen molar-refractivity contribution >= 4 is 0 Å². The molecular formula is C9H13NO4. The second kappa shape index (κ2) is 3.17. The molecule has 5 nitrogen and oxygen atoms in total. The number of aliphatic hydroxyl groups is 1. The fraction of sp³-hybridized carbons (Fsp3) is 0.889. The second-order valence-electron chi connectivity index (χ2n) is 3.99. The Kier molecular flexibility index (Phi) is 2.24. The summed E-state index contributed by atoms with van der Waals surface area (Å²) in [5.41, 5.74) is 0. The molecule has 14 heavy (non-hydrogen) atoms. The van der Waals surface area contributed by atoms with Gasteiger partial charge >= 0.3 is 0 Å². The number of hydrogen-bond donors (Lipinski definition) is 1. The summed E-state index contributed by atoms with van der Waals surface area (Å²) in [6.07, 6.45) is -1.97. The van der Waals surface area contributed by atoms with E-state index in [1.807, 2.05) is 6.07 Å². The molecule has 2 fully saturated rings. The van der Waals surface area contributed by atoms with E-state index in [1.54, 1.807) is 13.8 Å². The molecule has 0 aromatic carbocycles. The fourth-order valence-corrected chi connectivity index (χ4v) is 1.91. The molecule has 78 valence electrons. The van der Waals surface area contributed by atoms with Crippen molar-refractivity contribution in [3.8, 4) is 6.07 Å². The van der Waals surface area contributed by atoms with E-state index in [1.165, 1.54) is 0 Å². The minimum Gasteiger partial charge on any atom is -0.366 e. The summed E-state index contributed by atoms with van der Waals surface area (Å²) in [6, 6.07) is 2.00. The van der Waals surface area contributed by atoms with Crippen molar-refractivity contribution in [2.75, 3.05) is 0 Å². The molecule has 0 saturated carbocycles. The molecule has 0 aromatic heterocycles. The van der Waals surface area contributed by atoms with Crippen LogP contribution in [-0.2, 0) is 14.2 Å². The Labute approximate surface area is 82.2 Å². The molecule has 1 N–H and O–H groups in total. The first-order chi connectivity index (χ1) is 6.53. The van der Waals surface area contributed by atoms with Crippen molar-refractivity contribution in [2.24, 2.45) is 0 Å². The molecule has 0 amide bonds. The number of nitriles is 1. The molecule has 5 heteroatoms. The summed E-state index contributed by atoms with van der Waals surface area (Å²) in [5, 5.41) is 18.0. The summed E-state index contributed by atoms with van der Waals surface area (Å²) < 4.78 is 16.1. The van der Waals surface area contributed by atoms with Crippen molar-refractivity contribution in [3.05, 3.63) is 0 Å². The minimum absolute atomic E-state index is 0.206. The van der Waals surface area contributed by atoms with Gasteiger partial charge in [-0.2, -0.15) is 5.26 Å². The summed E-state index contributed by atoms with van der Waals surface area (Å²) in [5.74, 6) is -0.701. The SMILES string of the molecule is CC1(C)O[C@@H]2[C@@H](CC#N)OC(O)[C@@H]2O1. The first-order valence-corrected chi connectivity index (χ1v) is 4.59. The van der Waals surface area contributed by atoms with Gasteiger partial charge in [0.1, 0.15) is 18.3 Å². The van der Waals surface area contributed by atoms with E-state index in [2.05, 4.69) is 0 Å². The lowest BCUT2D eigenvalue weighted by Gasteiger charge is -2.21. The highest BCUT2D eigenvalue weighted by atomic mass is 16.8. The summed E-state index contributed by atoms with van der Waals surface area (Å²) in [6.45, 7) is 3.56. The Morgan fingerprint density at radius 2 is 2.00 bits per heavy atom. The normalized spacial score (nSPS) is 44.7. The van der Waals surface area contributed by atoms with Crippen LogP contribution in [0.3, 0.4) is 0 Å². The Morgan fingerprint density at radius 3 is 2.64 bits per heavy atom. The first kappa shape index (κ1) is 9.87. The van der Waals surface area contributed by atoms with Crippen LogP contribution < -0.4 is 0 Å². The van der Waals surface area contributed by atoms with E-state index in [0.717, 1.165) is 0 Å². The molecule has 2 aliphatic rings. The van der Waals surface area contributed by atoms with E-state index < -0.39 is 18.2 Å². The van der Waals surface area contributed by atoms with E-state index in [4.69, 9.17) is 19.5 Å². The van der Waals surface area contributed by atoms with Gasteiger partial charge in [0, 0.05) is 0 Å². The second-order valence-corrected chi connectivity index (χ2v) is 3.99. The van der Waals surface area contributed by atoms with Gasteiger partial charge in [0.25, 0.3) is 0 Å². The summed E-state index contributed by atoms with van der Waals surface area (Å²) >= 11 is 0. The largest absolute Gasteiger partial charge is 0.366 e. The van der Waals surface area contributed by atoms with Crippen LogP contribution in [0.2, 0.25) is 0 Å². The summed E-state index contributed by atoms with van der Waals surface area (Å²) in [4.78, 5) is 0. The number of fused-ring (bicyclic) bond motifs is 1. The third-order valence-electron chi connectivity index (χ3n) is 2.42. The van der Waals surface area contributed by atoms with Crippen LogP contribution in [-0.4, -0.2) is 35.5 Å². The molecule has 2 aliphatic heterocycles. The van der Waals surface area contributed by atoms with Crippen LogP contribution in [0.15, 0.2) is 0 Å². The number of nitrogens with zero attached hydrogens (tertiary/aromatic N) is 1. The molecule has 2 saturated heterocycles. The van der Waals surface area contributed by atoms with Crippen molar-refractivity contribution in [1.82, 2.24) is 0 Å². The molecular weight excluding hydrogens is 186 g/mol. The minimum atomic E-state index is -0.986. The van der Waals surface area contributed by atoms with Gasteiger partial charge in [0.15, 0.2) is 12.1 Å². The number of ether oxygens (including phenoxy) is 3. The van der Waals surface area contributed by atoms with Crippen molar-refractivity contribution in [3.63, 3.8) is 0 Å². The van der Waals surface area contributed by atoms with Gasteiger partial charge in [-0.25, -0.2) is 0 Å². The molecule has 0 aromatic rings. The van der Waals surface area contributed by atoms with Crippen molar-refractivity contribution < 1.29 is 19.3 Å². The van der Waals surface area contributed by atoms with E-state index in [0.29, 0.717) is 0 Å². The Morgan fingerprint density at radius 1 is 1.36 bits per heavy atom. The third-order valence-corrected chi connectivity index (χ3v) is 2.42. The standard InChI is InChI=1S/C9H13NO4/c1-9(2)13-6-5(3-4-10)12-8(11)7(6)14-9/h5-8,11H,3H2,1-2H3/t5-,6-,7-,8?/m1/s1. The fourth-order valence-electron chi connectivity index (χ4n) is 1.91. The topological polar surface area (TPSA) is 71.7 Å². The molecule has 1 unspecified atom stereocenters. The van der Waals surface area contributed by atoms with Gasteiger partial charge in [-0.15, -0.1) is 0 Å².